The second-order valence-electron chi connectivity index (χ2n) is 6.37. The molecule has 0 atom stereocenters. The van der Waals surface area contributed by atoms with Gasteiger partial charge in [-0.15, -0.1) is 11.3 Å². The smallest absolute Gasteiger partial charge is 0.258 e. The molecular weight excluding hydrogens is 475 g/mol. The predicted octanol–water partition coefficient (Wildman–Crippen LogP) is 6.39. The van der Waals surface area contributed by atoms with Gasteiger partial charge >= 0.3 is 0 Å². The molecule has 2 aromatic heterocycles. The van der Waals surface area contributed by atoms with Crippen molar-refractivity contribution in [1.82, 2.24) is 9.97 Å². The van der Waals surface area contributed by atoms with Crippen molar-refractivity contribution >= 4 is 68.0 Å². The minimum atomic E-state index is -0.335. The van der Waals surface area contributed by atoms with Gasteiger partial charge in [-0.3, -0.25) is 20.2 Å². The van der Waals surface area contributed by atoms with Crippen molar-refractivity contribution in [3.63, 3.8) is 0 Å². The summed E-state index contributed by atoms with van der Waals surface area (Å²) in [6.45, 7) is 1.83. The molecule has 156 valence electrons. The topological polar surface area (TPSA) is 84.0 Å². The molecule has 2 N–H and O–H groups in total. The van der Waals surface area contributed by atoms with Crippen LogP contribution in [0.25, 0.3) is 10.6 Å². The minimum Gasteiger partial charge on any atom is -0.298 e. The molecule has 4 aromatic rings. The summed E-state index contributed by atoms with van der Waals surface area (Å²) in [5.41, 5.74) is 2.21. The van der Waals surface area contributed by atoms with Crippen molar-refractivity contribution in [2.45, 2.75) is 6.92 Å². The molecule has 6 nitrogen and oxygen atoms in total. The van der Waals surface area contributed by atoms with Crippen molar-refractivity contribution in [2.75, 3.05) is 10.6 Å². The first kappa shape index (κ1) is 21.5. The Kier molecular flexibility index (Phi) is 6.33. The molecule has 0 unspecified atom stereocenters. The number of nitrogens with zero attached hydrogens (tertiary/aromatic N) is 2. The summed E-state index contributed by atoms with van der Waals surface area (Å²) in [5.74, 6) is -0.629. The van der Waals surface area contributed by atoms with Gasteiger partial charge in [-0.2, -0.15) is 0 Å². The van der Waals surface area contributed by atoms with Gasteiger partial charge in [0.25, 0.3) is 11.8 Å². The number of carbonyl (C=O) groups is 2. The Labute approximate surface area is 195 Å². The molecule has 0 aliphatic carbocycles. The van der Waals surface area contributed by atoms with Crippen LogP contribution in [0.5, 0.6) is 0 Å². The Morgan fingerprint density at radius 3 is 2.48 bits per heavy atom. The fourth-order valence-corrected chi connectivity index (χ4v) is 4.84. The third kappa shape index (κ3) is 4.94. The Hall–Kier alpha value is -2.78. The maximum Gasteiger partial charge on any atom is 0.258 e. The third-order valence-corrected chi connectivity index (χ3v) is 6.60. The van der Waals surface area contributed by atoms with Crippen LogP contribution in [0.2, 0.25) is 10.0 Å². The second kappa shape index (κ2) is 9.15. The number of anilines is 2. The second-order valence-corrected chi connectivity index (χ2v) is 9.07. The van der Waals surface area contributed by atoms with Gasteiger partial charge in [0.15, 0.2) is 10.3 Å². The van der Waals surface area contributed by atoms with Crippen LogP contribution in [0.3, 0.4) is 0 Å². The zero-order chi connectivity index (χ0) is 22.0. The van der Waals surface area contributed by atoms with Crippen LogP contribution >= 0.6 is 45.9 Å². The van der Waals surface area contributed by atoms with Gasteiger partial charge in [0.05, 0.1) is 26.9 Å². The van der Waals surface area contributed by atoms with E-state index in [0.29, 0.717) is 37.1 Å². The molecule has 4 rings (SSSR count). The first-order valence-corrected chi connectivity index (χ1v) is 11.4. The van der Waals surface area contributed by atoms with Crippen LogP contribution in [-0.4, -0.2) is 21.8 Å². The maximum atomic E-state index is 12.5. The largest absolute Gasteiger partial charge is 0.298 e. The number of benzene rings is 2. The first-order valence-electron chi connectivity index (χ1n) is 8.97. The maximum absolute atomic E-state index is 12.5. The highest BCUT2D eigenvalue weighted by molar-refractivity contribution is 7.20. The van der Waals surface area contributed by atoms with Crippen LogP contribution in [0.4, 0.5) is 10.3 Å². The summed E-state index contributed by atoms with van der Waals surface area (Å²) in [7, 11) is 0. The van der Waals surface area contributed by atoms with E-state index in [1.807, 2.05) is 12.3 Å². The van der Waals surface area contributed by atoms with Gasteiger partial charge in [0.1, 0.15) is 0 Å². The molecule has 2 heterocycles. The van der Waals surface area contributed by atoms with E-state index in [1.165, 1.54) is 22.7 Å². The van der Waals surface area contributed by atoms with Crippen molar-refractivity contribution in [1.29, 1.82) is 0 Å². The molecule has 2 amide bonds. The molecular formula is C21H14Cl2N4O2S2. The number of thiazole rings is 2. The number of aromatic nitrogens is 2. The normalized spacial score (nSPS) is 10.7. The van der Waals surface area contributed by atoms with E-state index in [9.17, 15) is 9.59 Å². The first-order chi connectivity index (χ1) is 14.9. The van der Waals surface area contributed by atoms with Crippen LogP contribution in [-0.2, 0) is 0 Å². The summed E-state index contributed by atoms with van der Waals surface area (Å²) in [5, 5.41) is 9.12. The molecule has 0 radical (unpaired) electrons. The molecule has 0 fully saturated rings. The van der Waals surface area contributed by atoms with Crippen molar-refractivity contribution < 1.29 is 9.59 Å². The van der Waals surface area contributed by atoms with E-state index in [4.69, 9.17) is 23.2 Å². The van der Waals surface area contributed by atoms with Crippen LogP contribution in [0.1, 0.15) is 26.4 Å². The van der Waals surface area contributed by atoms with Gasteiger partial charge in [0.2, 0.25) is 0 Å². The van der Waals surface area contributed by atoms with Crippen LogP contribution < -0.4 is 10.6 Å². The summed E-state index contributed by atoms with van der Waals surface area (Å²) in [6, 6.07) is 13.5. The molecule has 10 heteroatoms. The lowest BCUT2D eigenvalue weighted by molar-refractivity contribution is 0.101. The van der Waals surface area contributed by atoms with E-state index in [1.54, 1.807) is 48.5 Å². The number of hydrogen-bond donors (Lipinski definition) is 2. The highest BCUT2D eigenvalue weighted by atomic mass is 35.5. The van der Waals surface area contributed by atoms with Gasteiger partial charge in [-0.1, -0.05) is 52.7 Å². The third-order valence-electron chi connectivity index (χ3n) is 4.18. The lowest BCUT2D eigenvalue weighted by Crippen LogP contribution is -2.12. The Morgan fingerprint density at radius 1 is 0.935 bits per heavy atom. The Morgan fingerprint density at radius 2 is 1.71 bits per heavy atom. The SMILES string of the molecule is Cc1nc(NC(=O)c2ccccc2Cl)sc1-c1csc(NC(=O)c2cccc(Cl)c2)n1. The fourth-order valence-electron chi connectivity index (χ4n) is 2.73. The number of hydrogen-bond acceptors (Lipinski definition) is 6. The summed E-state index contributed by atoms with van der Waals surface area (Å²) in [4.78, 5) is 34.6. The van der Waals surface area contributed by atoms with Gasteiger partial charge in [-0.05, 0) is 37.3 Å². The van der Waals surface area contributed by atoms with Crippen molar-refractivity contribution in [3.05, 3.63) is 80.8 Å². The molecule has 0 spiro atoms. The lowest BCUT2D eigenvalue weighted by Gasteiger charge is -2.03. The summed E-state index contributed by atoms with van der Waals surface area (Å²) < 4.78 is 0. The lowest BCUT2D eigenvalue weighted by atomic mass is 10.2. The fraction of sp³-hybridized carbons (Fsp3) is 0.0476. The van der Waals surface area contributed by atoms with E-state index < -0.39 is 0 Å². The number of halogens is 2. The van der Waals surface area contributed by atoms with Crippen LogP contribution in [0.15, 0.2) is 53.9 Å². The standard InChI is InChI=1S/C21H14Cl2N4O2S2/c1-11-17(31-21(24-11)27-19(29)14-7-2-3-8-15(14)23)16-10-30-20(25-16)26-18(28)12-5-4-6-13(22)9-12/h2-10H,1H3,(H,24,27,29)(H,25,26,28). The minimum absolute atomic E-state index is 0.294. The molecule has 0 aliphatic rings. The summed E-state index contributed by atoms with van der Waals surface area (Å²) >= 11 is 14.6. The number of aryl methyl sites for hydroxylation is 1. The number of nitrogens with one attached hydrogen (secondary N) is 2. The van der Waals surface area contributed by atoms with Crippen LogP contribution in [0, 0.1) is 6.92 Å². The quantitative estimate of drug-likeness (QED) is 0.341. The Balaban J connectivity index is 1.49. The average Bonchev–Trinajstić information content (AvgIpc) is 3.34. The van der Waals surface area contributed by atoms with E-state index in [2.05, 4.69) is 20.6 Å². The molecule has 0 aliphatic heterocycles. The van der Waals surface area contributed by atoms with Gasteiger partial charge < -0.3 is 0 Å². The Bertz CT molecular complexity index is 1290. The van der Waals surface area contributed by atoms with Gasteiger partial charge in [0, 0.05) is 16.0 Å². The average molecular weight is 489 g/mol. The molecule has 0 bridgehead atoms. The van der Waals surface area contributed by atoms with Crippen molar-refractivity contribution in [3.8, 4) is 10.6 Å². The number of carbonyl (C=O) groups excluding carboxylic acids is 2. The molecule has 0 saturated heterocycles. The monoisotopic (exact) mass is 488 g/mol. The van der Waals surface area contributed by atoms with E-state index >= 15 is 0 Å². The van der Waals surface area contributed by atoms with Gasteiger partial charge in [-0.25, -0.2) is 9.97 Å². The highest BCUT2D eigenvalue weighted by Crippen LogP contribution is 2.35. The molecule has 0 saturated carbocycles. The van der Waals surface area contributed by atoms with E-state index in [-0.39, 0.29) is 11.8 Å². The molecule has 31 heavy (non-hydrogen) atoms. The highest BCUT2D eigenvalue weighted by Gasteiger charge is 2.17. The number of amides is 2. The molecule has 2 aromatic carbocycles. The zero-order valence-electron chi connectivity index (χ0n) is 16.0. The van der Waals surface area contributed by atoms with E-state index in [0.717, 1.165) is 10.6 Å². The number of rotatable bonds is 5. The predicted molar refractivity (Wildman–Crippen MR) is 127 cm³/mol. The van der Waals surface area contributed by atoms with Crippen molar-refractivity contribution in [2.24, 2.45) is 0 Å². The summed E-state index contributed by atoms with van der Waals surface area (Å²) in [6.07, 6.45) is 0. The zero-order valence-corrected chi connectivity index (χ0v) is 19.1.